The maximum Gasteiger partial charge on any atom is 0.134 e. The van der Waals surface area contributed by atoms with Crippen LogP contribution in [-0.2, 0) is 0 Å². The van der Waals surface area contributed by atoms with Gasteiger partial charge in [0.2, 0.25) is 0 Å². The van der Waals surface area contributed by atoms with Crippen LogP contribution in [-0.4, -0.2) is 4.98 Å². The Hall–Kier alpha value is -3.12. The van der Waals surface area contributed by atoms with Crippen molar-refractivity contribution in [2.75, 3.05) is 0 Å². The summed E-state index contributed by atoms with van der Waals surface area (Å²) in [4.78, 5) is 3.94. The summed E-state index contributed by atoms with van der Waals surface area (Å²) in [5.41, 5.74) is 2.41. The molecule has 0 bridgehead atoms. The van der Waals surface area contributed by atoms with Crippen LogP contribution in [0, 0.1) is 11.3 Å². The molecule has 2 heterocycles. The smallest absolute Gasteiger partial charge is 0.134 e. The van der Waals surface area contributed by atoms with Gasteiger partial charge in [0, 0.05) is 18.0 Å². The normalized spacial score (nSPS) is 10.6. The molecule has 0 saturated heterocycles. The summed E-state index contributed by atoms with van der Waals surface area (Å²) in [6.07, 6.45) is 6.92. The van der Waals surface area contributed by atoms with Gasteiger partial charge in [-0.2, -0.15) is 5.26 Å². The minimum Gasteiger partial charge on any atom is -0.457 e. The minimum atomic E-state index is 0.545. The zero-order valence-corrected chi connectivity index (χ0v) is 11.2. The van der Waals surface area contributed by atoms with E-state index in [4.69, 9.17) is 9.68 Å². The fourth-order valence-electron chi connectivity index (χ4n) is 2.02. The van der Waals surface area contributed by atoms with Crippen LogP contribution in [0.15, 0.2) is 65.3 Å². The zero-order valence-electron chi connectivity index (χ0n) is 11.2. The minimum absolute atomic E-state index is 0.545. The fourth-order valence-corrected chi connectivity index (χ4v) is 2.02. The number of pyridine rings is 1. The quantitative estimate of drug-likeness (QED) is 0.710. The van der Waals surface area contributed by atoms with Crippen molar-refractivity contribution < 1.29 is 4.42 Å². The number of nitriles is 1. The number of nitrogens with zero attached hydrogens (tertiary/aromatic N) is 2. The second-order valence-electron chi connectivity index (χ2n) is 4.48. The molecule has 0 amide bonds. The maximum absolute atomic E-state index is 9.02. The topological polar surface area (TPSA) is 49.8 Å². The third-order valence-corrected chi connectivity index (χ3v) is 3.09. The molecule has 0 spiro atoms. The molecule has 3 heteroatoms. The van der Waals surface area contributed by atoms with E-state index < -0.39 is 0 Å². The van der Waals surface area contributed by atoms with Crippen LogP contribution in [0.25, 0.3) is 23.5 Å². The van der Waals surface area contributed by atoms with Crippen LogP contribution in [0.1, 0.15) is 16.9 Å². The summed E-state index contributed by atoms with van der Waals surface area (Å²) in [5.74, 6) is 1.57. The molecule has 21 heavy (non-hydrogen) atoms. The molecule has 0 aliphatic heterocycles. The highest BCUT2D eigenvalue weighted by atomic mass is 16.3. The van der Waals surface area contributed by atoms with Crippen molar-refractivity contribution in [3.05, 3.63) is 77.8 Å². The van der Waals surface area contributed by atoms with Crippen LogP contribution in [0.3, 0.4) is 0 Å². The molecule has 3 aromatic rings. The lowest BCUT2D eigenvalue weighted by Gasteiger charge is -1.96. The first-order valence-electron chi connectivity index (χ1n) is 6.54. The average Bonchev–Trinajstić information content (AvgIpc) is 3.03. The van der Waals surface area contributed by atoms with Gasteiger partial charge in [0.15, 0.2) is 0 Å². The van der Waals surface area contributed by atoms with Gasteiger partial charge in [-0.05, 0) is 35.9 Å². The molecule has 2 aromatic heterocycles. The van der Waals surface area contributed by atoms with E-state index in [-0.39, 0.29) is 0 Å². The van der Waals surface area contributed by atoms with Crippen LogP contribution in [0.4, 0.5) is 0 Å². The highest BCUT2D eigenvalue weighted by Gasteiger charge is 2.02. The third kappa shape index (κ3) is 2.90. The number of hydrogen-bond donors (Lipinski definition) is 0. The van der Waals surface area contributed by atoms with E-state index in [0.717, 1.165) is 22.6 Å². The lowest BCUT2D eigenvalue weighted by Crippen LogP contribution is -1.82. The Morgan fingerprint density at radius 2 is 1.86 bits per heavy atom. The van der Waals surface area contributed by atoms with Gasteiger partial charge in [-0.3, -0.25) is 4.98 Å². The summed E-state index contributed by atoms with van der Waals surface area (Å²) < 4.78 is 5.78. The first-order chi connectivity index (χ1) is 10.4. The molecule has 1 aromatic carbocycles. The number of rotatable bonds is 3. The molecule has 0 atom stereocenters. The number of furan rings is 1. The Bertz CT molecular complexity index is 810. The second-order valence-corrected chi connectivity index (χ2v) is 4.48. The standard InChI is InChI=1S/C18H12N2O/c19-12-16-13-20-11-10-14(16)6-7-17-8-9-18(21-17)15-4-2-1-3-5-15/h1-11,13H/b7-6+. The van der Waals surface area contributed by atoms with Crippen LogP contribution in [0.5, 0.6) is 0 Å². The Morgan fingerprint density at radius 1 is 1.00 bits per heavy atom. The average molecular weight is 272 g/mol. The molecule has 3 nitrogen and oxygen atoms in total. The fraction of sp³-hybridized carbons (Fsp3) is 0. The van der Waals surface area contributed by atoms with Gasteiger partial charge in [-0.1, -0.05) is 30.3 Å². The highest BCUT2D eigenvalue weighted by Crippen LogP contribution is 2.23. The van der Waals surface area contributed by atoms with E-state index in [1.165, 1.54) is 0 Å². The third-order valence-electron chi connectivity index (χ3n) is 3.09. The largest absolute Gasteiger partial charge is 0.457 e. The van der Waals surface area contributed by atoms with Gasteiger partial charge in [-0.25, -0.2) is 0 Å². The summed E-state index contributed by atoms with van der Waals surface area (Å²) in [5, 5.41) is 9.02. The van der Waals surface area contributed by atoms with Crippen LogP contribution >= 0.6 is 0 Å². The van der Waals surface area contributed by atoms with Crippen molar-refractivity contribution in [1.29, 1.82) is 5.26 Å². The molecular weight excluding hydrogens is 260 g/mol. The number of hydrogen-bond acceptors (Lipinski definition) is 3. The molecule has 0 aliphatic rings. The van der Waals surface area contributed by atoms with Gasteiger partial charge in [0.05, 0.1) is 5.56 Å². The Labute approximate surface area is 122 Å². The van der Waals surface area contributed by atoms with Crippen molar-refractivity contribution in [2.24, 2.45) is 0 Å². The van der Waals surface area contributed by atoms with Gasteiger partial charge >= 0.3 is 0 Å². The van der Waals surface area contributed by atoms with Gasteiger partial charge in [-0.15, -0.1) is 0 Å². The van der Waals surface area contributed by atoms with Crippen molar-refractivity contribution in [2.45, 2.75) is 0 Å². The zero-order chi connectivity index (χ0) is 14.5. The lowest BCUT2D eigenvalue weighted by atomic mass is 10.1. The van der Waals surface area contributed by atoms with Crippen molar-refractivity contribution in [3.8, 4) is 17.4 Å². The predicted octanol–water partition coefficient (Wildman–Crippen LogP) is 4.38. The second kappa shape index (κ2) is 5.89. The number of benzene rings is 1. The van der Waals surface area contributed by atoms with Crippen molar-refractivity contribution in [3.63, 3.8) is 0 Å². The van der Waals surface area contributed by atoms with E-state index in [1.807, 2.05) is 54.6 Å². The highest BCUT2D eigenvalue weighted by molar-refractivity contribution is 5.71. The van der Waals surface area contributed by atoms with E-state index >= 15 is 0 Å². The Balaban J connectivity index is 1.85. The molecule has 0 radical (unpaired) electrons. The number of aromatic nitrogens is 1. The SMILES string of the molecule is N#Cc1cnccc1/C=C/c1ccc(-c2ccccc2)o1. The van der Waals surface area contributed by atoms with Gasteiger partial charge in [0.1, 0.15) is 17.6 Å². The molecule has 0 N–H and O–H groups in total. The van der Waals surface area contributed by atoms with E-state index in [1.54, 1.807) is 18.5 Å². The monoisotopic (exact) mass is 272 g/mol. The molecule has 3 rings (SSSR count). The van der Waals surface area contributed by atoms with Crippen LogP contribution < -0.4 is 0 Å². The Kier molecular flexibility index (Phi) is 3.62. The van der Waals surface area contributed by atoms with Crippen LogP contribution in [0.2, 0.25) is 0 Å². The molecular formula is C18H12N2O. The summed E-state index contributed by atoms with van der Waals surface area (Å²) in [6, 6.07) is 17.7. The van der Waals surface area contributed by atoms with E-state index in [2.05, 4.69) is 11.1 Å². The Morgan fingerprint density at radius 3 is 2.67 bits per heavy atom. The molecule has 100 valence electrons. The first-order valence-corrected chi connectivity index (χ1v) is 6.54. The summed E-state index contributed by atoms with van der Waals surface area (Å²) >= 11 is 0. The van der Waals surface area contributed by atoms with E-state index in [0.29, 0.717) is 5.56 Å². The maximum atomic E-state index is 9.02. The summed E-state index contributed by atoms with van der Waals surface area (Å²) in [6.45, 7) is 0. The molecule has 0 fully saturated rings. The van der Waals surface area contributed by atoms with Crippen molar-refractivity contribution >= 4 is 12.2 Å². The van der Waals surface area contributed by atoms with Gasteiger partial charge < -0.3 is 4.42 Å². The predicted molar refractivity (Wildman–Crippen MR) is 82.0 cm³/mol. The molecule has 0 aliphatic carbocycles. The summed E-state index contributed by atoms with van der Waals surface area (Å²) in [7, 11) is 0. The van der Waals surface area contributed by atoms with E-state index in [9.17, 15) is 0 Å². The lowest BCUT2D eigenvalue weighted by molar-refractivity contribution is 0.572. The first kappa shape index (κ1) is 12.9. The van der Waals surface area contributed by atoms with Gasteiger partial charge in [0.25, 0.3) is 0 Å². The van der Waals surface area contributed by atoms with Crippen molar-refractivity contribution in [1.82, 2.24) is 4.98 Å². The molecule has 0 saturated carbocycles. The molecule has 0 unspecified atom stereocenters.